The second-order valence-corrected chi connectivity index (χ2v) is 6.55. The molecular formula is C10H10ClN3O2S. The van der Waals surface area contributed by atoms with Gasteiger partial charge in [-0.3, -0.25) is 4.98 Å². The molecule has 0 unspecified atom stereocenters. The Morgan fingerprint density at radius 2 is 2.24 bits per heavy atom. The van der Waals surface area contributed by atoms with Crippen molar-refractivity contribution in [2.24, 2.45) is 0 Å². The highest BCUT2D eigenvalue weighted by Gasteiger charge is 2.36. The van der Waals surface area contributed by atoms with Crippen molar-refractivity contribution in [1.29, 1.82) is 0 Å². The molecule has 0 bridgehead atoms. The molecule has 7 heteroatoms. The minimum absolute atomic E-state index is 0.0528. The molecule has 0 aliphatic carbocycles. The van der Waals surface area contributed by atoms with E-state index in [-0.39, 0.29) is 23.4 Å². The van der Waals surface area contributed by atoms with Gasteiger partial charge in [-0.1, -0.05) is 0 Å². The Bertz CT molecular complexity index is 668. The molecule has 2 aromatic rings. The van der Waals surface area contributed by atoms with Crippen LogP contribution in [0.2, 0.25) is 0 Å². The second kappa shape index (κ2) is 3.68. The maximum atomic E-state index is 11.2. The van der Waals surface area contributed by atoms with Crippen LogP contribution in [0.4, 0.5) is 0 Å². The van der Waals surface area contributed by atoms with Gasteiger partial charge in [0.1, 0.15) is 5.82 Å². The van der Waals surface area contributed by atoms with Crippen LogP contribution in [0, 0.1) is 0 Å². The maximum absolute atomic E-state index is 11.2. The molecule has 3 heterocycles. The quantitative estimate of drug-likeness (QED) is 0.769. The van der Waals surface area contributed by atoms with Crippen molar-refractivity contribution in [2.45, 2.75) is 11.9 Å². The van der Waals surface area contributed by atoms with Crippen LogP contribution in [0.5, 0.6) is 0 Å². The molecule has 0 saturated carbocycles. The largest absolute Gasteiger partial charge is 0.321 e. The second-order valence-electron chi connectivity index (χ2n) is 4.13. The molecular weight excluding hydrogens is 262 g/mol. The van der Waals surface area contributed by atoms with E-state index >= 15 is 0 Å². The maximum Gasteiger partial charge on any atom is 0.154 e. The molecule has 0 atom stereocenters. The SMILES string of the molecule is O=S1(=O)CC(n2c(CCl)nc3ccncc32)C1. The van der Waals surface area contributed by atoms with Crippen LogP contribution < -0.4 is 0 Å². The third-order valence-electron chi connectivity index (χ3n) is 2.94. The highest BCUT2D eigenvalue weighted by molar-refractivity contribution is 7.92. The summed E-state index contributed by atoms with van der Waals surface area (Å²) >= 11 is 5.85. The fraction of sp³-hybridized carbons (Fsp3) is 0.400. The number of hydrogen-bond donors (Lipinski definition) is 0. The zero-order valence-electron chi connectivity index (χ0n) is 8.88. The summed E-state index contributed by atoms with van der Waals surface area (Å²) in [6.07, 6.45) is 3.36. The predicted octanol–water partition coefficient (Wildman–Crippen LogP) is 1.14. The number of nitrogens with zero attached hydrogens (tertiary/aromatic N) is 3. The molecule has 0 N–H and O–H groups in total. The van der Waals surface area contributed by atoms with E-state index in [9.17, 15) is 8.42 Å². The lowest BCUT2D eigenvalue weighted by Gasteiger charge is -2.28. The molecule has 0 radical (unpaired) electrons. The molecule has 1 aliphatic heterocycles. The fourth-order valence-electron chi connectivity index (χ4n) is 2.18. The van der Waals surface area contributed by atoms with Crippen LogP contribution in [0.1, 0.15) is 11.9 Å². The van der Waals surface area contributed by atoms with Gasteiger partial charge in [-0.05, 0) is 6.07 Å². The lowest BCUT2D eigenvalue weighted by Crippen LogP contribution is -2.38. The van der Waals surface area contributed by atoms with Crippen LogP contribution in [-0.4, -0.2) is 34.5 Å². The Morgan fingerprint density at radius 1 is 1.47 bits per heavy atom. The van der Waals surface area contributed by atoms with Gasteiger partial charge in [-0.2, -0.15) is 0 Å². The molecule has 2 aromatic heterocycles. The molecule has 5 nitrogen and oxygen atoms in total. The minimum Gasteiger partial charge on any atom is -0.321 e. The van der Waals surface area contributed by atoms with Gasteiger partial charge in [0.15, 0.2) is 9.84 Å². The number of alkyl halides is 1. The predicted molar refractivity (Wildman–Crippen MR) is 64.8 cm³/mol. The van der Waals surface area contributed by atoms with Crippen molar-refractivity contribution < 1.29 is 8.42 Å². The van der Waals surface area contributed by atoms with E-state index in [0.29, 0.717) is 5.82 Å². The number of imidazole rings is 1. The number of sulfone groups is 1. The highest BCUT2D eigenvalue weighted by atomic mass is 35.5. The Kier molecular flexibility index (Phi) is 2.38. The number of rotatable bonds is 2. The van der Waals surface area contributed by atoms with Crippen molar-refractivity contribution >= 4 is 32.5 Å². The third kappa shape index (κ3) is 1.71. The number of hydrogen-bond acceptors (Lipinski definition) is 4. The van der Waals surface area contributed by atoms with E-state index in [1.54, 1.807) is 18.5 Å². The highest BCUT2D eigenvalue weighted by Crippen LogP contribution is 2.29. The van der Waals surface area contributed by atoms with E-state index in [1.165, 1.54) is 0 Å². The summed E-state index contributed by atoms with van der Waals surface area (Å²) in [5.41, 5.74) is 1.66. The number of fused-ring (bicyclic) bond motifs is 1. The number of halogens is 1. The first kappa shape index (κ1) is 11.0. The molecule has 1 fully saturated rings. The van der Waals surface area contributed by atoms with Crippen LogP contribution in [-0.2, 0) is 15.7 Å². The Labute approximate surface area is 103 Å². The first-order valence-electron chi connectivity index (χ1n) is 5.18. The van der Waals surface area contributed by atoms with Crippen molar-refractivity contribution in [3.8, 4) is 0 Å². The summed E-state index contributed by atoms with van der Waals surface area (Å²) in [5.74, 6) is 1.30. The zero-order valence-corrected chi connectivity index (χ0v) is 10.4. The van der Waals surface area contributed by atoms with Crippen LogP contribution in [0.15, 0.2) is 18.5 Å². The van der Waals surface area contributed by atoms with Crippen LogP contribution in [0.3, 0.4) is 0 Å². The van der Waals surface area contributed by atoms with E-state index < -0.39 is 9.84 Å². The first-order chi connectivity index (χ1) is 8.11. The molecule has 0 amide bonds. The van der Waals surface area contributed by atoms with Crippen LogP contribution in [0.25, 0.3) is 11.0 Å². The first-order valence-corrected chi connectivity index (χ1v) is 7.53. The van der Waals surface area contributed by atoms with Gasteiger partial charge in [-0.15, -0.1) is 11.6 Å². The number of aromatic nitrogens is 3. The van der Waals surface area contributed by atoms with Gasteiger partial charge in [-0.25, -0.2) is 13.4 Å². The fourth-order valence-corrected chi connectivity index (χ4v) is 3.74. The van der Waals surface area contributed by atoms with Gasteiger partial charge in [0.05, 0.1) is 40.7 Å². The van der Waals surface area contributed by atoms with E-state index in [1.807, 2.05) is 4.57 Å². The molecule has 90 valence electrons. The van der Waals surface area contributed by atoms with E-state index in [0.717, 1.165) is 11.0 Å². The van der Waals surface area contributed by atoms with Crippen molar-refractivity contribution in [3.05, 3.63) is 24.3 Å². The Hall–Kier alpha value is -1.14. The number of pyridine rings is 1. The van der Waals surface area contributed by atoms with Crippen molar-refractivity contribution in [3.63, 3.8) is 0 Å². The Balaban J connectivity index is 2.14. The lowest BCUT2D eigenvalue weighted by molar-refractivity contribution is 0.507. The molecule has 1 aliphatic rings. The molecule has 17 heavy (non-hydrogen) atoms. The summed E-state index contributed by atoms with van der Waals surface area (Å²) in [4.78, 5) is 8.42. The molecule has 0 spiro atoms. The van der Waals surface area contributed by atoms with Gasteiger partial charge in [0.25, 0.3) is 0 Å². The van der Waals surface area contributed by atoms with Gasteiger partial charge in [0, 0.05) is 6.20 Å². The van der Waals surface area contributed by atoms with Crippen molar-refractivity contribution in [1.82, 2.24) is 14.5 Å². The summed E-state index contributed by atoms with van der Waals surface area (Å²) in [7, 11) is -2.86. The van der Waals surface area contributed by atoms with Gasteiger partial charge in [0.2, 0.25) is 0 Å². The van der Waals surface area contributed by atoms with Gasteiger partial charge < -0.3 is 4.57 Å². The molecule has 1 saturated heterocycles. The van der Waals surface area contributed by atoms with E-state index in [2.05, 4.69) is 9.97 Å². The van der Waals surface area contributed by atoms with Crippen molar-refractivity contribution in [2.75, 3.05) is 11.5 Å². The average Bonchev–Trinajstić information content (AvgIpc) is 2.63. The monoisotopic (exact) mass is 271 g/mol. The molecule has 3 rings (SSSR count). The standard InChI is InChI=1S/C10H10ClN3O2S/c11-3-10-13-8-1-2-12-4-9(8)14(10)7-5-17(15,16)6-7/h1-2,4,7H,3,5-6H2. The normalized spacial score (nSPS) is 19.4. The summed E-state index contributed by atoms with van der Waals surface area (Å²) < 4.78 is 24.4. The summed E-state index contributed by atoms with van der Waals surface area (Å²) in [6.45, 7) is 0. The minimum atomic E-state index is -2.86. The van der Waals surface area contributed by atoms with Gasteiger partial charge >= 0.3 is 0 Å². The summed E-state index contributed by atoms with van der Waals surface area (Å²) in [5, 5.41) is 0. The summed E-state index contributed by atoms with van der Waals surface area (Å²) in [6, 6.07) is 1.75. The van der Waals surface area contributed by atoms with Crippen LogP contribution >= 0.6 is 11.6 Å². The lowest BCUT2D eigenvalue weighted by atomic mass is 10.3. The Morgan fingerprint density at radius 3 is 2.88 bits per heavy atom. The zero-order chi connectivity index (χ0) is 12.0. The smallest absolute Gasteiger partial charge is 0.154 e. The third-order valence-corrected chi connectivity index (χ3v) is 4.97. The topological polar surface area (TPSA) is 64.8 Å². The van der Waals surface area contributed by atoms with E-state index in [4.69, 9.17) is 11.6 Å². The average molecular weight is 272 g/mol. The molecule has 0 aromatic carbocycles.